The SMILES string of the molecule is CC1(Cc2ccnc(-c3ccccc3Cl)c2)NC(=O)N(c2ccc(OC(F)(F)F)cc2)C1=O. The Morgan fingerprint density at radius 2 is 1.79 bits per heavy atom. The minimum Gasteiger partial charge on any atom is -0.406 e. The highest BCUT2D eigenvalue weighted by Gasteiger charge is 2.48. The number of carbonyl (C=O) groups excluding carboxylic acids is 2. The van der Waals surface area contributed by atoms with Crippen molar-refractivity contribution in [2.75, 3.05) is 4.90 Å². The van der Waals surface area contributed by atoms with Gasteiger partial charge in [-0.05, 0) is 55.0 Å². The third kappa shape index (κ3) is 4.78. The monoisotopic (exact) mass is 475 g/mol. The predicted octanol–water partition coefficient (Wildman–Crippen LogP) is 5.36. The Morgan fingerprint density at radius 3 is 2.45 bits per heavy atom. The van der Waals surface area contributed by atoms with Gasteiger partial charge in [-0.15, -0.1) is 13.2 Å². The molecule has 2 aromatic carbocycles. The zero-order chi connectivity index (χ0) is 23.8. The van der Waals surface area contributed by atoms with Crippen LogP contribution in [0.2, 0.25) is 5.02 Å². The molecular formula is C23H17ClF3N3O3. The molecule has 1 unspecified atom stereocenters. The van der Waals surface area contributed by atoms with E-state index in [1.165, 1.54) is 12.1 Å². The molecule has 1 aromatic heterocycles. The molecule has 0 radical (unpaired) electrons. The van der Waals surface area contributed by atoms with Crippen molar-refractivity contribution >= 4 is 29.2 Å². The highest BCUT2D eigenvalue weighted by atomic mass is 35.5. The zero-order valence-electron chi connectivity index (χ0n) is 17.2. The Morgan fingerprint density at radius 1 is 1.09 bits per heavy atom. The Kier molecular flexibility index (Phi) is 5.75. The number of halogens is 4. The summed E-state index contributed by atoms with van der Waals surface area (Å²) in [4.78, 5) is 31.0. The van der Waals surface area contributed by atoms with Crippen LogP contribution in [0.15, 0.2) is 66.9 Å². The molecule has 33 heavy (non-hydrogen) atoms. The molecule has 1 aliphatic rings. The molecule has 0 aliphatic carbocycles. The third-order valence-corrected chi connectivity index (χ3v) is 5.45. The molecule has 1 saturated heterocycles. The zero-order valence-corrected chi connectivity index (χ0v) is 17.9. The number of alkyl halides is 3. The Balaban J connectivity index is 1.56. The predicted molar refractivity (Wildman–Crippen MR) is 116 cm³/mol. The molecule has 10 heteroatoms. The van der Waals surface area contributed by atoms with E-state index in [9.17, 15) is 22.8 Å². The second-order valence-electron chi connectivity index (χ2n) is 7.65. The maximum atomic E-state index is 13.2. The number of imide groups is 1. The molecule has 1 fully saturated rings. The van der Waals surface area contributed by atoms with E-state index in [0.29, 0.717) is 10.7 Å². The summed E-state index contributed by atoms with van der Waals surface area (Å²) in [5.74, 6) is -0.988. The van der Waals surface area contributed by atoms with Gasteiger partial charge in [0, 0.05) is 23.2 Å². The summed E-state index contributed by atoms with van der Waals surface area (Å²) >= 11 is 6.26. The number of hydrogen-bond acceptors (Lipinski definition) is 4. The maximum absolute atomic E-state index is 13.2. The number of benzene rings is 2. The summed E-state index contributed by atoms with van der Waals surface area (Å²) in [6.45, 7) is 1.59. The summed E-state index contributed by atoms with van der Waals surface area (Å²) in [7, 11) is 0. The number of hydrogen-bond donors (Lipinski definition) is 1. The third-order valence-electron chi connectivity index (χ3n) is 5.12. The van der Waals surface area contributed by atoms with Gasteiger partial charge in [-0.25, -0.2) is 9.69 Å². The molecule has 0 spiro atoms. The van der Waals surface area contributed by atoms with Crippen LogP contribution in [0, 0.1) is 0 Å². The van der Waals surface area contributed by atoms with Crippen molar-refractivity contribution < 1.29 is 27.5 Å². The van der Waals surface area contributed by atoms with Crippen LogP contribution in [-0.2, 0) is 11.2 Å². The summed E-state index contributed by atoms with van der Waals surface area (Å²) in [5, 5.41) is 3.21. The van der Waals surface area contributed by atoms with E-state index >= 15 is 0 Å². The van der Waals surface area contributed by atoms with E-state index in [4.69, 9.17) is 11.6 Å². The Bertz CT molecular complexity index is 1220. The van der Waals surface area contributed by atoms with Crippen LogP contribution in [0.5, 0.6) is 5.75 Å². The second kappa shape index (κ2) is 8.40. The molecule has 3 amide bonds. The smallest absolute Gasteiger partial charge is 0.406 e. The van der Waals surface area contributed by atoms with E-state index in [0.717, 1.165) is 28.2 Å². The van der Waals surface area contributed by atoms with Gasteiger partial charge in [-0.2, -0.15) is 0 Å². The average Bonchev–Trinajstić information content (AvgIpc) is 2.96. The van der Waals surface area contributed by atoms with E-state index in [1.807, 2.05) is 12.1 Å². The first-order valence-corrected chi connectivity index (χ1v) is 10.2. The second-order valence-corrected chi connectivity index (χ2v) is 8.06. The molecule has 1 aliphatic heterocycles. The molecule has 1 atom stereocenters. The molecule has 1 N–H and O–H groups in total. The average molecular weight is 476 g/mol. The lowest BCUT2D eigenvalue weighted by Crippen LogP contribution is -2.46. The molecular weight excluding hydrogens is 459 g/mol. The number of carbonyl (C=O) groups is 2. The maximum Gasteiger partial charge on any atom is 0.573 e. The number of ether oxygens (including phenoxy) is 1. The molecule has 3 aromatic rings. The van der Waals surface area contributed by atoms with Crippen molar-refractivity contribution in [2.24, 2.45) is 0 Å². The number of anilines is 1. The fraction of sp³-hybridized carbons (Fsp3) is 0.174. The van der Waals surface area contributed by atoms with Gasteiger partial charge in [-0.3, -0.25) is 9.78 Å². The van der Waals surface area contributed by atoms with E-state index < -0.39 is 29.6 Å². The van der Waals surface area contributed by atoms with Crippen LogP contribution in [0.3, 0.4) is 0 Å². The highest BCUT2D eigenvalue weighted by Crippen LogP contribution is 2.31. The van der Waals surface area contributed by atoms with Crippen LogP contribution in [-0.4, -0.2) is 28.8 Å². The molecule has 170 valence electrons. The summed E-state index contributed by atoms with van der Waals surface area (Å²) in [5.41, 5.74) is 0.956. The van der Waals surface area contributed by atoms with Crippen molar-refractivity contribution in [1.29, 1.82) is 0 Å². The lowest BCUT2D eigenvalue weighted by Gasteiger charge is -2.22. The van der Waals surface area contributed by atoms with E-state index in [-0.39, 0.29) is 12.1 Å². The number of rotatable bonds is 5. The van der Waals surface area contributed by atoms with Crippen molar-refractivity contribution in [3.05, 3.63) is 77.4 Å². The minimum absolute atomic E-state index is 0.127. The van der Waals surface area contributed by atoms with Gasteiger partial charge < -0.3 is 10.1 Å². The number of nitrogens with one attached hydrogen (secondary N) is 1. The summed E-state index contributed by atoms with van der Waals surface area (Å²) < 4.78 is 40.9. The number of pyridine rings is 1. The van der Waals surface area contributed by atoms with E-state index in [2.05, 4.69) is 15.0 Å². The van der Waals surface area contributed by atoms with Gasteiger partial charge in [0.15, 0.2) is 0 Å². The normalized spacial score (nSPS) is 18.4. The van der Waals surface area contributed by atoms with Crippen molar-refractivity contribution in [3.8, 4) is 17.0 Å². The van der Waals surface area contributed by atoms with Crippen LogP contribution in [0.4, 0.5) is 23.7 Å². The molecule has 6 nitrogen and oxygen atoms in total. The highest BCUT2D eigenvalue weighted by molar-refractivity contribution is 6.33. The first-order chi connectivity index (χ1) is 15.6. The first kappa shape index (κ1) is 22.6. The standard InChI is InChI=1S/C23H17ClF3N3O3/c1-22(13-14-10-11-28-19(12-14)17-4-2-3-5-18(17)24)20(31)30(21(32)29-22)15-6-8-16(9-7-15)33-23(25,26)27/h2-12H,13H2,1H3,(H,29,32). The molecule has 0 saturated carbocycles. The van der Waals surface area contributed by atoms with Crippen LogP contribution < -0.4 is 15.0 Å². The minimum atomic E-state index is -4.84. The van der Waals surface area contributed by atoms with Gasteiger partial charge >= 0.3 is 12.4 Å². The van der Waals surface area contributed by atoms with Crippen molar-refractivity contribution in [3.63, 3.8) is 0 Å². The molecule has 0 bridgehead atoms. The van der Waals surface area contributed by atoms with Gasteiger partial charge in [-0.1, -0.05) is 29.8 Å². The largest absolute Gasteiger partial charge is 0.573 e. The number of urea groups is 1. The van der Waals surface area contributed by atoms with E-state index in [1.54, 1.807) is 37.4 Å². The number of amides is 3. The lowest BCUT2D eigenvalue weighted by molar-refractivity contribution is -0.274. The Labute approximate surface area is 191 Å². The summed E-state index contributed by atoms with van der Waals surface area (Å²) in [6, 6.07) is 14.6. The van der Waals surface area contributed by atoms with Crippen molar-refractivity contribution in [2.45, 2.75) is 25.2 Å². The molecule has 4 rings (SSSR count). The van der Waals surface area contributed by atoms with Gasteiger partial charge in [0.1, 0.15) is 11.3 Å². The fourth-order valence-corrected chi connectivity index (χ4v) is 3.88. The fourth-order valence-electron chi connectivity index (χ4n) is 3.64. The van der Waals surface area contributed by atoms with Crippen molar-refractivity contribution in [1.82, 2.24) is 10.3 Å². The quantitative estimate of drug-likeness (QED) is 0.504. The molecule has 2 heterocycles. The topological polar surface area (TPSA) is 71.5 Å². The van der Waals surface area contributed by atoms with Gasteiger partial charge in [0.2, 0.25) is 0 Å². The number of aromatic nitrogens is 1. The number of nitrogens with zero attached hydrogens (tertiary/aromatic N) is 2. The van der Waals surface area contributed by atoms with Crippen LogP contribution in [0.25, 0.3) is 11.3 Å². The van der Waals surface area contributed by atoms with Crippen LogP contribution in [0.1, 0.15) is 12.5 Å². The lowest BCUT2D eigenvalue weighted by atomic mass is 9.92. The van der Waals surface area contributed by atoms with Gasteiger partial charge in [0.05, 0.1) is 11.4 Å². The Hall–Kier alpha value is -3.59. The first-order valence-electron chi connectivity index (χ1n) is 9.78. The van der Waals surface area contributed by atoms with Crippen LogP contribution >= 0.6 is 11.6 Å². The van der Waals surface area contributed by atoms with Gasteiger partial charge in [0.25, 0.3) is 5.91 Å². The summed E-state index contributed by atoms with van der Waals surface area (Å²) in [6.07, 6.45) is -3.08.